The summed E-state index contributed by atoms with van der Waals surface area (Å²) in [5.41, 5.74) is 0. The van der Waals surface area contributed by atoms with Crippen molar-refractivity contribution in [2.75, 3.05) is 20.2 Å². The zero-order valence-corrected chi connectivity index (χ0v) is 8.75. The van der Waals surface area contributed by atoms with Gasteiger partial charge in [0.1, 0.15) is 0 Å². The Bertz CT molecular complexity index is 180. The lowest BCUT2D eigenvalue weighted by molar-refractivity contribution is 0.131. The molecule has 1 aliphatic rings. The second-order valence-electron chi connectivity index (χ2n) is 4.20. The van der Waals surface area contributed by atoms with Gasteiger partial charge in [-0.05, 0) is 24.7 Å². The molecule has 0 aromatic rings. The fourth-order valence-corrected chi connectivity index (χ4v) is 1.99. The van der Waals surface area contributed by atoms with Gasteiger partial charge < -0.3 is 9.64 Å². The van der Waals surface area contributed by atoms with Crippen molar-refractivity contribution in [3.63, 3.8) is 0 Å². The third-order valence-electron chi connectivity index (χ3n) is 2.52. The average Bonchev–Trinajstić information content (AvgIpc) is 2.50. The summed E-state index contributed by atoms with van der Waals surface area (Å²) < 4.78 is 4.67. The summed E-state index contributed by atoms with van der Waals surface area (Å²) in [7, 11) is 1.44. The number of nitrogens with zero attached hydrogens (tertiary/aromatic N) is 1. The molecule has 3 heteroatoms. The minimum Gasteiger partial charge on any atom is -0.453 e. The van der Waals surface area contributed by atoms with Gasteiger partial charge in [0.2, 0.25) is 0 Å². The first kappa shape index (κ1) is 10.4. The molecule has 1 unspecified atom stereocenters. The molecule has 3 nitrogen and oxygen atoms in total. The van der Waals surface area contributed by atoms with E-state index in [0.717, 1.165) is 25.4 Å². The topological polar surface area (TPSA) is 29.5 Å². The van der Waals surface area contributed by atoms with Gasteiger partial charge in [-0.1, -0.05) is 13.8 Å². The van der Waals surface area contributed by atoms with E-state index in [0.29, 0.717) is 5.92 Å². The van der Waals surface area contributed by atoms with Crippen LogP contribution in [0.5, 0.6) is 0 Å². The Morgan fingerprint density at radius 3 is 2.85 bits per heavy atom. The van der Waals surface area contributed by atoms with E-state index >= 15 is 0 Å². The second-order valence-corrected chi connectivity index (χ2v) is 4.20. The first-order valence-corrected chi connectivity index (χ1v) is 4.96. The van der Waals surface area contributed by atoms with Crippen molar-refractivity contribution in [3.8, 4) is 0 Å². The van der Waals surface area contributed by atoms with Gasteiger partial charge in [-0.3, -0.25) is 0 Å². The molecular formula is C10H19NO2. The highest BCUT2D eigenvalue weighted by Gasteiger charge is 2.26. The third kappa shape index (κ3) is 2.90. The van der Waals surface area contributed by atoms with Crippen LogP contribution in [-0.4, -0.2) is 31.2 Å². The van der Waals surface area contributed by atoms with Crippen LogP contribution in [0.3, 0.4) is 0 Å². The van der Waals surface area contributed by atoms with Crippen LogP contribution in [0.2, 0.25) is 0 Å². The smallest absolute Gasteiger partial charge is 0.409 e. The number of rotatable bonds is 2. The lowest BCUT2D eigenvalue weighted by Crippen LogP contribution is -2.28. The number of carbonyl (C=O) groups excluding carboxylic acids is 1. The predicted molar refractivity (Wildman–Crippen MR) is 51.5 cm³/mol. The summed E-state index contributed by atoms with van der Waals surface area (Å²) in [6.07, 6.45) is 2.17. The molecule has 0 bridgehead atoms. The molecule has 0 aliphatic carbocycles. The molecule has 0 spiro atoms. The molecule has 0 radical (unpaired) electrons. The number of carbonyl (C=O) groups is 1. The normalized spacial score (nSPS) is 22.5. The average molecular weight is 185 g/mol. The van der Waals surface area contributed by atoms with Gasteiger partial charge in [0.25, 0.3) is 0 Å². The number of hydrogen-bond acceptors (Lipinski definition) is 2. The van der Waals surface area contributed by atoms with E-state index in [1.807, 2.05) is 0 Å². The maximum atomic E-state index is 11.1. The maximum absolute atomic E-state index is 11.1. The molecule has 0 aromatic heterocycles. The van der Waals surface area contributed by atoms with E-state index in [1.54, 1.807) is 4.90 Å². The van der Waals surface area contributed by atoms with Crippen LogP contribution in [-0.2, 0) is 4.74 Å². The highest BCUT2D eigenvalue weighted by Crippen LogP contribution is 2.23. The van der Waals surface area contributed by atoms with E-state index in [-0.39, 0.29) is 6.09 Å². The summed E-state index contributed by atoms with van der Waals surface area (Å²) in [4.78, 5) is 12.9. The SMILES string of the molecule is COC(=O)N1CCC(CC(C)C)C1. The summed E-state index contributed by atoms with van der Waals surface area (Å²) in [5.74, 6) is 1.40. The van der Waals surface area contributed by atoms with Gasteiger partial charge in [-0.2, -0.15) is 0 Å². The first-order valence-electron chi connectivity index (χ1n) is 4.96. The fourth-order valence-electron chi connectivity index (χ4n) is 1.99. The van der Waals surface area contributed by atoms with E-state index in [1.165, 1.54) is 13.5 Å². The van der Waals surface area contributed by atoms with Crippen molar-refractivity contribution in [1.82, 2.24) is 4.90 Å². The number of ether oxygens (including phenoxy) is 1. The summed E-state index contributed by atoms with van der Waals surface area (Å²) in [6.45, 7) is 6.19. The molecule has 0 N–H and O–H groups in total. The van der Waals surface area contributed by atoms with Crippen LogP contribution in [0.15, 0.2) is 0 Å². The Morgan fingerprint density at radius 1 is 1.62 bits per heavy atom. The minimum atomic E-state index is -0.175. The van der Waals surface area contributed by atoms with Crippen molar-refractivity contribution in [1.29, 1.82) is 0 Å². The second kappa shape index (κ2) is 4.49. The molecule has 13 heavy (non-hydrogen) atoms. The third-order valence-corrected chi connectivity index (χ3v) is 2.52. The molecule has 76 valence electrons. The molecule has 1 fully saturated rings. The molecule has 1 atom stereocenters. The van der Waals surface area contributed by atoms with Gasteiger partial charge in [-0.15, -0.1) is 0 Å². The Kier molecular flexibility index (Phi) is 3.58. The summed E-state index contributed by atoms with van der Waals surface area (Å²) >= 11 is 0. The molecule has 1 aliphatic heterocycles. The fraction of sp³-hybridized carbons (Fsp3) is 0.900. The predicted octanol–water partition coefficient (Wildman–Crippen LogP) is 2.12. The van der Waals surface area contributed by atoms with Crippen molar-refractivity contribution >= 4 is 6.09 Å². The Morgan fingerprint density at radius 2 is 2.31 bits per heavy atom. The van der Waals surface area contributed by atoms with Gasteiger partial charge >= 0.3 is 6.09 Å². The molecule has 1 amide bonds. The van der Waals surface area contributed by atoms with Crippen LogP contribution in [0.25, 0.3) is 0 Å². The van der Waals surface area contributed by atoms with Crippen molar-refractivity contribution in [2.45, 2.75) is 26.7 Å². The molecule has 1 heterocycles. The Balaban J connectivity index is 2.32. The molecule has 1 rings (SSSR count). The van der Waals surface area contributed by atoms with Crippen LogP contribution in [0, 0.1) is 11.8 Å². The van der Waals surface area contributed by atoms with Gasteiger partial charge in [0, 0.05) is 13.1 Å². The lowest BCUT2D eigenvalue weighted by atomic mass is 9.97. The molecule has 0 saturated carbocycles. The Hall–Kier alpha value is -0.730. The van der Waals surface area contributed by atoms with E-state index in [9.17, 15) is 4.79 Å². The zero-order valence-electron chi connectivity index (χ0n) is 8.75. The Labute approximate surface area is 80.1 Å². The van der Waals surface area contributed by atoms with E-state index in [2.05, 4.69) is 18.6 Å². The quantitative estimate of drug-likeness (QED) is 0.659. The standard InChI is InChI=1S/C10H19NO2/c1-8(2)6-9-4-5-11(7-9)10(12)13-3/h8-9H,4-7H2,1-3H3. The maximum Gasteiger partial charge on any atom is 0.409 e. The number of amides is 1. The molecular weight excluding hydrogens is 166 g/mol. The van der Waals surface area contributed by atoms with Gasteiger partial charge in [0.05, 0.1) is 7.11 Å². The number of likely N-dealkylation sites (tertiary alicyclic amines) is 1. The van der Waals surface area contributed by atoms with Crippen molar-refractivity contribution in [3.05, 3.63) is 0 Å². The largest absolute Gasteiger partial charge is 0.453 e. The van der Waals surface area contributed by atoms with Crippen LogP contribution < -0.4 is 0 Å². The highest BCUT2D eigenvalue weighted by molar-refractivity contribution is 5.67. The minimum absolute atomic E-state index is 0.175. The zero-order chi connectivity index (χ0) is 9.84. The lowest BCUT2D eigenvalue weighted by Gasteiger charge is -2.15. The number of hydrogen-bond donors (Lipinski definition) is 0. The molecule has 0 aromatic carbocycles. The van der Waals surface area contributed by atoms with Gasteiger partial charge in [0.15, 0.2) is 0 Å². The monoisotopic (exact) mass is 185 g/mol. The van der Waals surface area contributed by atoms with E-state index < -0.39 is 0 Å². The number of methoxy groups -OCH3 is 1. The summed E-state index contributed by atoms with van der Waals surface area (Å²) in [6, 6.07) is 0. The van der Waals surface area contributed by atoms with Crippen LogP contribution in [0.4, 0.5) is 4.79 Å². The van der Waals surface area contributed by atoms with E-state index in [4.69, 9.17) is 0 Å². The highest BCUT2D eigenvalue weighted by atomic mass is 16.5. The molecule has 1 saturated heterocycles. The van der Waals surface area contributed by atoms with Crippen LogP contribution >= 0.6 is 0 Å². The van der Waals surface area contributed by atoms with Gasteiger partial charge in [-0.25, -0.2) is 4.79 Å². The summed E-state index contributed by atoms with van der Waals surface area (Å²) in [5, 5.41) is 0. The van der Waals surface area contributed by atoms with Crippen molar-refractivity contribution < 1.29 is 9.53 Å². The van der Waals surface area contributed by atoms with Crippen molar-refractivity contribution in [2.24, 2.45) is 11.8 Å². The van der Waals surface area contributed by atoms with Crippen LogP contribution in [0.1, 0.15) is 26.7 Å². The first-order chi connectivity index (χ1) is 6.13.